The molecule has 0 aliphatic carbocycles. The summed E-state index contributed by atoms with van der Waals surface area (Å²) in [5.74, 6) is -7.59. The number of phenols is 1. The van der Waals surface area contributed by atoms with Gasteiger partial charge >= 0.3 is 0 Å². The number of halogens is 3. The van der Waals surface area contributed by atoms with Gasteiger partial charge in [0.1, 0.15) is 6.04 Å². The summed E-state index contributed by atoms with van der Waals surface area (Å²) >= 11 is 0. The van der Waals surface area contributed by atoms with Gasteiger partial charge in [0.25, 0.3) is 5.91 Å². The summed E-state index contributed by atoms with van der Waals surface area (Å²) in [7, 11) is 0. The number of nitriles is 1. The molecule has 7 heteroatoms. The number of carbonyl (C=O) groups excluding carboxylic acids is 1. The van der Waals surface area contributed by atoms with E-state index < -0.39 is 46.1 Å². The monoisotopic (exact) mass is 286 g/mol. The fraction of sp³-hybridized carbons (Fsp3) is 0.385. The first-order valence-electron chi connectivity index (χ1n) is 5.66. The summed E-state index contributed by atoms with van der Waals surface area (Å²) in [6.45, 7) is 5.00. The first-order chi connectivity index (χ1) is 9.09. The number of rotatable bonds is 2. The van der Waals surface area contributed by atoms with E-state index in [0.717, 1.165) is 0 Å². The van der Waals surface area contributed by atoms with Crippen molar-refractivity contribution in [3.05, 3.63) is 29.1 Å². The molecule has 2 N–H and O–H groups in total. The second-order valence-electron chi connectivity index (χ2n) is 5.28. The van der Waals surface area contributed by atoms with E-state index in [0.29, 0.717) is 6.07 Å². The Morgan fingerprint density at radius 2 is 1.90 bits per heavy atom. The molecule has 0 spiro atoms. The molecule has 108 valence electrons. The van der Waals surface area contributed by atoms with E-state index in [4.69, 9.17) is 10.4 Å². The van der Waals surface area contributed by atoms with Crippen LogP contribution in [0, 0.1) is 34.2 Å². The van der Waals surface area contributed by atoms with Crippen molar-refractivity contribution in [2.45, 2.75) is 26.8 Å². The van der Waals surface area contributed by atoms with Crippen LogP contribution in [0.4, 0.5) is 13.2 Å². The molecule has 1 amide bonds. The predicted molar refractivity (Wildman–Crippen MR) is 64.3 cm³/mol. The Bertz CT molecular complexity index is 589. The average Bonchev–Trinajstić information content (AvgIpc) is 2.35. The lowest BCUT2D eigenvalue weighted by Crippen LogP contribution is -2.43. The molecule has 1 unspecified atom stereocenters. The molecule has 1 atom stereocenters. The largest absolute Gasteiger partial charge is 0.503 e. The minimum Gasteiger partial charge on any atom is -0.503 e. The Morgan fingerprint density at radius 1 is 1.35 bits per heavy atom. The van der Waals surface area contributed by atoms with Crippen LogP contribution in [-0.4, -0.2) is 17.1 Å². The van der Waals surface area contributed by atoms with E-state index in [-0.39, 0.29) is 0 Å². The average molecular weight is 286 g/mol. The third-order valence-electron chi connectivity index (χ3n) is 2.65. The van der Waals surface area contributed by atoms with Gasteiger partial charge < -0.3 is 10.4 Å². The van der Waals surface area contributed by atoms with Gasteiger partial charge in [-0.3, -0.25) is 4.79 Å². The first-order valence-corrected chi connectivity index (χ1v) is 5.66. The van der Waals surface area contributed by atoms with E-state index in [1.54, 1.807) is 20.8 Å². The number of hydrogen-bond donors (Lipinski definition) is 2. The van der Waals surface area contributed by atoms with Gasteiger partial charge in [-0.25, -0.2) is 8.78 Å². The van der Waals surface area contributed by atoms with Crippen molar-refractivity contribution in [1.29, 1.82) is 5.26 Å². The molecule has 0 saturated heterocycles. The fourth-order valence-electron chi connectivity index (χ4n) is 1.41. The number of hydrogen-bond acceptors (Lipinski definition) is 3. The van der Waals surface area contributed by atoms with Gasteiger partial charge in [-0.05, 0) is 11.5 Å². The van der Waals surface area contributed by atoms with Crippen molar-refractivity contribution >= 4 is 5.91 Å². The quantitative estimate of drug-likeness (QED) is 0.820. The lowest BCUT2D eigenvalue weighted by molar-refractivity contribution is 0.0916. The maximum absolute atomic E-state index is 13.5. The van der Waals surface area contributed by atoms with Crippen LogP contribution in [0.3, 0.4) is 0 Å². The van der Waals surface area contributed by atoms with Crippen molar-refractivity contribution in [2.75, 3.05) is 0 Å². The highest BCUT2D eigenvalue weighted by molar-refractivity contribution is 5.95. The van der Waals surface area contributed by atoms with Gasteiger partial charge in [0.15, 0.2) is 17.4 Å². The Kier molecular flexibility index (Phi) is 4.28. The molecule has 1 aromatic rings. The van der Waals surface area contributed by atoms with E-state index in [9.17, 15) is 18.0 Å². The zero-order chi connectivity index (χ0) is 15.7. The minimum absolute atomic E-state index is 0.330. The zero-order valence-corrected chi connectivity index (χ0v) is 11.1. The first kappa shape index (κ1) is 15.8. The van der Waals surface area contributed by atoms with E-state index in [1.165, 1.54) is 0 Å². The lowest BCUT2D eigenvalue weighted by atomic mass is 9.87. The van der Waals surface area contributed by atoms with Crippen molar-refractivity contribution in [1.82, 2.24) is 5.32 Å². The maximum Gasteiger partial charge on any atom is 0.255 e. The standard InChI is InChI=1S/C13H13F3N2O2/c1-13(2,3)8(5-17)18-12(20)6-4-7(14)10(16)11(19)9(6)15/h4,8,19H,1-3H3,(H,18,20). The van der Waals surface area contributed by atoms with Crippen molar-refractivity contribution in [3.63, 3.8) is 0 Å². The predicted octanol–water partition coefficient (Wildman–Crippen LogP) is 2.48. The lowest BCUT2D eigenvalue weighted by Gasteiger charge is -2.25. The fourth-order valence-corrected chi connectivity index (χ4v) is 1.41. The smallest absolute Gasteiger partial charge is 0.255 e. The molecular weight excluding hydrogens is 273 g/mol. The molecule has 1 aromatic carbocycles. The molecule has 0 bridgehead atoms. The van der Waals surface area contributed by atoms with Crippen LogP contribution in [0.5, 0.6) is 5.75 Å². The second kappa shape index (κ2) is 5.41. The molecule has 0 aliphatic heterocycles. The van der Waals surface area contributed by atoms with E-state index >= 15 is 0 Å². The van der Waals surface area contributed by atoms with E-state index in [2.05, 4.69) is 5.32 Å². The molecule has 0 aliphatic rings. The molecule has 0 radical (unpaired) electrons. The second-order valence-corrected chi connectivity index (χ2v) is 5.28. The van der Waals surface area contributed by atoms with Gasteiger partial charge in [0.05, 0.1) is 11.6 Å². The number of aromatic hydroxyl groups is 1. The van der Waals surface area contributed by atoms with Gasteiger partial charge in [0, 0.05) is 0 Å². The molecule has 4 nitrogen and oxygen atoms in total. The van der Waals surface area contributed by atoms with Gasteiger partial charge in [-0.2, -0.15) is 9.65 Å². The Balaban J connectivity index is 3.15. The Hall–Kier alpha value is -2.23. The van der Waals surface area contributed by atoms with Gasteiger partial charge in [0.2, 0.25) is 5.82 Å². The van der Waals surface area contributed by atoms with Crippen LogP contribution >= 0.6 is 0 Å². The highest BCUT2D eigenvalue weighted by Crippen LogP contribution is 2.26. The molecule has 0 aromatic heterocycles. The van der Waals surface area contributed by atoms with Crippen LogP contribution in [0.2, 0.25) is 0 Å². The molecule has 0 heterocycles. The van der Waals surface area contributed by atoms with Crippen molar-refractivity contribution in [3.8, 4) is 11.8 Å². The van der Waals surface area contributed by atoms with Crippen LogP contribution in [0.25, 0.3) is 0 Å². The Labute approximate surface area is 113 Å². The summed E-state index contributed by atoms with van der Waals surface area (Å²) in [5, 5.41) is 20.2. The third-order valence-corrected chi connectivity index (χ3v) is 2.65. The van der Waals surface area contributed by atoms with Crippen LogP contribution in [0.1, 0.15) is 31.1 Å². The highest BCUT2D eigenvalue weighted by atomic mass is 19.2. The molecular formula is C13H13F3N2O2. The molecule has 20 heavy (non-hydrogen) atoms. The number of benzene rings is 1. The van der Waals surface area contributed by atoms with Crippen molar-refractivity contribution < 1.29 is 23.1 Å². The van der Waals surface area contributed by atoms with Crippen LogP contribution in [-0.2, 0) is 0 Å². The number of nitrogens with zero attached hydrogens (tertiary/aromatic N) is 1. The molecule has 0 saturated carbocycles. The summed E-state index contributed by atoms with van der Waals surface area (Å²) in [4.78, 5) is 11.8. The summed E-state index contributed by atoms with van der Waals surface area (Å²) in [6, 6.07) is 1.18. The summed E-state index contributed by atoms with van der Waals surface area (Å²) < 4.78 is 39.5. The SMILES string of the molecule is CC(C)(C)C(C#N)NC(=O)c1cc(F)c(F)c(O)c1F. The number of amides is 1. The number of phenolic OH excluding ortho intramolecular Hbond substituents is 1. The molecule has 0 fully saturated rings. The summed E-state index contributed by atoms with van der Waals surface area (Å²) in [6.07, 6.45) is 0. The van der Waals surface area contributed by atoms with Gasteiger partial charge in [-0.15, -0.1) is 0 Å². The van der Waals surface area contributed by atoms with E-state index in [1.807, 2.05) is 6.07 Å². The highest BCUT2D eigenvalue weighted by Gasteiger charge is 2.29. The third kappa shape index (κ3) is 3.02. The van der Waals surface area contributed by atoms with Crippen LogP contribution < -0.4 is 5.32 Å². The topological polar surface area (TPSA) is 73.1 Å². The minimum atomic E-state index is -1.77. The molecule has 1 rings (SSSR count). The normalized spacial score (nSPS) is 12.7. The number of carbonyl (C=O) groups is 1. The van der Waals surface area contributed by atoms with Crippen molar-refractivity contribution in [2.24, 2.45) is 5.41 Å². The maximum atomic E-state index is 13.5. The number of nitrogens with one attached hydrogen (secondary N) is 1. The van der Waals surface area contributed by atoms with Gasteiger partial charge in [-0.1, -0.05) is 20.8 Å². The summed E-state index contributed by atoms with van der Waals surface area (Å²) in [5.41, 5.74) is -1.51. The zero-order valence-electron chi connectivity index (χ0n) is 11.1. The van der Waals surface area contributed by atoms with Crippen LogP contribution in [0.15, 0.2) is 6.07 Å². The Morgan fingerprint density at radius 3 is 2.35 bits per heavy atom.